The molecule has 1 saturated carbocycles. The topological polar surface area (TPSA) is 48.1 Å². The van der Waals surface area contributed by atoms with Gasteiger partial charge in [-0.2, -0.15) is 13.2 Å². The SMILES string of the molecule is CCOC1(C(N)c2cnc(C(F)(F)F)s2)CCCCC1. The van der Waals surface area contributed by atoms with Gasteiger partial charge in [-0.1, -0.05) is 19.3 Å². The first kappa shape index (κ1) is 15.7. The Bertz CT molecular complexity index is 436. The highest BCUT2D eigenvalue weighted by Gasteiger charge is 2.42. The highest BCUT2D eigenvalue weighted by Crippen LogP contribution is 2.43. The fraction of sp³-hybridized carbons (Fsp3) is 0.769. The van der Waals surface area contributed by atoms with Crippen LogP contribution in [-0.2, 0) is 10.9 Å². The first-order chi connectivity index (χ1) is 9.39. The van der Waals surface area contributed by atoms with Crippen molar-refractivity contribution >= 4 is 11.3 Å². The van der Waals surface area contributed by atoms with Crippen molar-refractivity contribution in [2.75, 3.05) is 6.61 Å². The van der Waals surface area contributed by atoms with Crippen molar-refractivity contribution in [3.8, 4) is 0 Å². The van der Waals surface area contributed by atoms with Crippen LogP contribution in [-0.4, -0.2) is 17.2 Å². The molecule has 1 fully saturated rings. The Morgan fingerprint density at radius 2 is 2.05 bits per heavy atom. The van der Waals surface area contributed by atoms with Crippen LogP contribution in [0.1, 0.15) is 55.0 Å². The molecule has 0 aliphatic heterocycles. The molecule has 1 heterocycles. The van der Waals surface area contributed by atoms with Gasteiger partial charge in [0.05, 0.1) is 11.6 Å². The number of ether oxygens (including phenoxy) is 1. The molecule has 114 valence electrons. The molecule has 0 aromatic carbocycles. The van der Waals surface area contributed by atoms with E-state index >= 15 is 0 Å². The van der Waals surface area contributed by atoms with Gasteiger partial charge in [0.25, 0.3) is 0 Å². The number of nitrogens with two attached hydrogens (primary N) is 1. The highest BCUT2D eigenvalue weighted by molar-refractivity contribution is 7.11. The van der Waals surface area contributed by atoms with E-state index in [9.17, 15) is 13.2 Å². The summed E-state index contributed by atoms with van der Waals surface area (Å²) in [7, 11) is 0. The number of hydrogen-bond acceptors (Lipinski definition) is 4. The molecule has 0 amide bonds. The molecule has 0 spiro atoms. The summed E-state index contributed by atoms with van der Waals surface area (Å²) in [6.45, 7) is 2.40. The standard InChI is InChI=1S/C13H19F3N2OS/c1-2-19-12(6-4-3-5-7-12)10(17)9-8-18-11(20-9)13(14,15)16/h8,10H,2-7,17H2,1H3. The molecular weight excluding hydrogens is 289 g/mol. The van der Waals surface area contributed by atoms with Gasteiger partial charge >= 0.3 is 6.18 Å². The second-order valence-corrected chi connectivity index (χ2v) is 6.16. The van der Waals surface area contributed by atoms with Crippen molar-refractivity contribution in [1.82, 2.24) is 4.98 Å². The van der Waals surface area contributed by atoms with E-state index in [1.807, 2.05) is 6.92 Å². The summed E-state index contributed by atoms with van der Waals surface area (Å²) in [4.78, 5) is 3.90. The third kappa shape index (κ3) is 3.15. The zero-order chi connectivity index (χ0) is 14.8. The quantitative estimate of drug-likeness (QED) is 0.917. The van der Waals surface area contributed by atoms with Gasteiger partial charge < -0.3 is 10.5 Å². The fourth-order valence-electron chi connectivity index (χ4n) is 2.80. The molecule has 1 aliphatic rings. The lowest BCUT2D eigenvalue weighted by molar-refractivity contribution is -0.137. The van der Waals surface area contributed by atoms with Crippen molar-refractivity contribution in [1.29, 1.82) is 0 Å². The van der Waals surface area contributed by atoms with Gasteiger partial charge in [-0.05, 0) is 19.8 Å². The summed E-state index contributed by atoms with van der Waals surface area (Å²) >= 11 is 0.625. The summed E-state index contributed by atoms with van der Waals surface area (Å²) in [6, 6.07) is -0.545. The Labute approximate surface area is 120 Å². The van der Waals surface area contributed by atoms with Crippen molar-refractivity contribution in [2.45, 2.75) is 56.8 Å². The molecule has 0 radical (unpaired) electrons. The van der Waals surface area contributed by atoms with Crippen LogP contribution in [0.2, 0.25) is 0 Å². The summed E-state index contributed by atoms with van der Waals surface area (Å²) < 4.78 is 43.7. The maximum atomic E-state index is 12.6. The van der Waals surface area contributed by atoms with E-state index in [-0.39, 0.29) is 0 Å². The van der Waals surface area contributed by atoms with Crippen molar-refractivity contribution in [3.05, 3.63) is 16.1 Å². The van der Waals surface area contributed by atoms with Crippen LogP contribution < -0.4 is 5.73 Å². The van der Waals surface area contributed by atoms with Crippen molar-refractivity contribution in [2.24, 2.45) is 5.73 Å². The zero-order valence-corrected chi connectivity index (χ0v) is 12.2. The molecule has 1 aromatic rings. The van der Waals surface area contributed by atoms with Gasteiger partial charge in [0.1, 0.15) is 0 Å². The minimum Gasteiger partial charge on any atom is -0.373 e. The van der Waals surface area contributed by atoms with Crippen molar-refractivity contribution in [3.63, 3.8) is 0 Å². The third-order valence-electron chi connectivity index (χ3n) is 3.77. The van der Waals surface area contributed by atoms with Gasteiger partial charge in [0.15, 0.2) is 5.01 Å². The Balaban J connectivity index is 2.23. The molecule has 0 saturated heterocycles. The normalized spacial score (nSPS) is 20.9. The van der Waals surface area contributed by atoms with E-state index in [0.29, 0.717) is 22.8 Å². The number of alkyl halides is 3. The maximum absolute atomic E-state index is 12.6. The monoisotopic (exact) mass is 308 g/mol. The summed E-state index contributed by atoms with van der Waals surface area (Å²) in [6.07, 6.45) is 1.54. The van der Waals surface area contributed by atoms with Gasteiger partial charge in [0, 0.05) is 17.7 Å². The third-order valence-corrected chi connectivity index (χ3v) is 4.90. The molecule has 20 heavy (non-hydrogen) atoms. The predicted octanol–water partition coefficient (Wildman–Crippen LogP) is 3.90. The number of thiazole rings is 1. The Hall–Kier alpha value is -0.660. The number of rotatable bonds is 4. The molecule has 3 nitrogen and oxygen atoms in total. The van der Waals surface area contributed by atoms with Gasteiger partial charge in [-0.15, -0.1) is 11.3 Å². The van der Waals surface area contributed by atoms with Crippen LogP contribution in [0.15, 0.2) is 6.20 Å². The lowest BCUT2D eigenvalue weighted by Crippen LogP contribution is -2.45. The van der Waals surface area contributed by atoms with E-state index in [1.165, 1.54) is 6.20 Å². The van der Waals surface area contributed by atoms with Crippen LogP contribution >= 0.6 is 11.3 Å². The summed E-state index contributed by atoms with van der Waals surface area (Å²) in [5.41, 5.74) is 5.69. The number of nitrogens with zero attached hydrogens (tertiary/aromatic N) is 1. The maximum Gasteiger partial charge on any atom is 0.443 e. The first-order valence-electron chi connectivity index (χ1n) is 6.81. The predicted molar refractivity (Wildman–Crippen MR) is 71.5 cm³/mol. The van der Waals surface area contributed by atoms with Gasteiger partial charge in [-0.3, -0.25) is 0 Å². The van der Waals surface area contributed by atoms with Crippen LogP contribution in [0.3, 0.4) is 0 Å². The molecular formula is C13H19F3N2OS. The van der Waals surface area contributed by atoms with Crippen LogP contribution in [0.5, 0.6) is 0 Å². The van der Waals surface area contributed by atoms with E-state index in [0.717, 1.165) is 32.1 Å². The number of hydrogen-bond donors (Lipinski definition) is 1. The summed E-state index contributed by atoms with van der Waals surface area (Å²) in [5, 5.41) is -0.842. The molecule has 1 aromatic heterocycles. The number of halogens is 3. The Morgan fingerprint density at radius 1 is 1.40 bits per heavy atom. The van der Waals surface area contributed by atoms with E-state index in [2.05, 4.69) is 4.98 Å². The second-order valence-electron chi connectivity index (χ2n) is 5.10. The lowest BCUT2D eigenvalue weighted by atomic mass is 9.79. The first-order valence-corrected chi connectivity index (χ1v) is 7.63. The average Bonchev–Trinajstić information content (AvgIpc) is 2.88. The fourth-order valence-corrected chi connectivity index (χ4v) is 3.70. The van der Waals surface area contributed by atoms with E-state index in [4.69, 9.17) is 10.5 Å². The largest absolute Gasteiger partial charge is 0.443 e. The molecule has 2 rings (SSSR count). The van der Waals surface area contributed by atoms with E-state index in [1.54, 1.807) is 0 Å². The van der Waals surface area contributed by atoms with Crippen molar-refractivity contribution < 1.29 is 17.9 Å². The molecule has 2 N–H and O–H groups in total. The Kier molecular flexibility index (Phi) is 4.71. The Morgan fingerprint density at radius 3 is 2.55 bits per heavy atom. The van der Waals surface area contributed by atoms with Crippen LogP contribution in [0, 0.1) is 0 Å². The molecule has 1 unspecified atom stereocenters. The zero-order valence-electron chi connectivity index (χ0n) is 11.4. The molecule has 7 heteroatoms. The molecule has 1 atom stereocenters. The molecule has 1 aliphatic carbocycles. The van der Waals surface area contributed by atoms with E-state index < -0.39 is 22.8 Å². The van der Waals surface area contributed by atoms with Gasteiger partial charge in [-0.25, -0.2) is 4.98 Å². The van der Waals surface area contributed by atoms with Crippen LogP contribution in [0.25, 0.3) is 0 Å². The smallest absolute Gasteiger partial charge is 0.373 e. The minimum atomic E-state index is -4.41. The summed E-state index contributed by atoms with van der Waals surface area (Å²) in [5.74, 6) is 0. The average molecular weight is 308 g/mol. The minimum absolute atomic E-state index is 0.452. The van der Waals surface area contributed by atoms with Gasteiger partial charge in [0.2, 0.25) is 0 Å². The lowest BCUT2D eigenvalue weighted by Gasteiger charge is -2.41. The molecule has 0 bridgehead atoms. The highest BCUT2D eigenvalue weighted by atomic mass is 32.1. The second kappa shape index (κ2) is 5.99. The number of aromatic nitrogens is 1. The van der Waals surface area contributed by atoms with Crippen LogP contribution in [0.4, 0.5) is 13.2 Å².